The second-order valence-electron chi connectivity index (χ2n) is 6.62. The summed E-state index contributed by atoms with van der Waals surface area (Å²) in [5.74, 6) is 1.45. The average molecular weight is 381 g/mol. The SMILES string of the molecule is C/C(=N\Nc1nc(C)nc2sc3c(c12)CCCC3)c1ccc([N+](=O)[O-])cc1. The molecule has 0 fully saturated rings. The molecule has 8 heteroatoms. The largest absolute Gasteiger partial charge is 0.269 e. The van der Waals surface area contributed by atoms with Gasteiger partial charge in [0, 0.05) is 17.0 Å². The number of nitro benzene ring substituents is 1. The summed E-state index contributed by atoms with van der Waals surface area (Å²) >= 11 is 1.76. The normalized spacial score (nSPS) is 14.2. The van der Waals surface area contributed by atoms with Gasteiger partial charge in [-0.1, -0.05) is 0 Å². The molecular weight excluding hydrogens is 362 g/mol. The molecule has 3 aromatic rings. The monoisotopic (exact) mass is 381 g/mol. The van der Waals surface area contributed by atoms with E-state index in [0.29, 0.717) is 5.82 Å². The summed E-state index contributed by atoms with van der Waals surface area (Å²) in [5, 5.41) is 16.3. The number of fused-ring (bicyclic) bond motifs is 3. The Labute approximate surface area is 160 Å². The van der Waals surface area contributed by atoms with E-state index in [4.69, 9.17) is 0 Å². The van der Waals surface area contributed by atoms with Crippen LogP contribution in [0.5, 0.6) is 0 Å². The number of thiophene rings is 1. The van der Waals surface area contributed by atoms with E-state index in [0.717, 1.165) is 40.2 Å². The number of rotatable bonds is 4. The number of nitro groups is 1. The van der Waals surface area contributed by atoms with Crippen molar-refractivity contribution in [2.45, 2.75) is 39.5 Å². The van der Waals surface area contributed by atoms with Gasteiger partial charge in [0.1, 0.15) is 10.7 Å². The smallest absolute Gasteiger partial charge is 0.260 e. The van der Waals surface area contributed by atoms with Gasteiger partial charge in [-0.05, 0) is 62.8 Å². The highest BCUT2D eigenvalue weighted by molar-refractivity contribution is 7.19. The van der Waals surface area contributed by atoms with E-state index in [2.05, 4.69) is 20.5 Å². The van der Waals surface area contributed by atoms with Crippen LogP contribution in [0.2, 0.25) is 0 Å². The van der Waals surface area contributed by atoms with Crippen molar-refractivity contribution >= 4 is 38.8 Å². The molecule has 0 amide bonds. The first-order valence-electron chi connectivity index (χ1n) is 8.87. The van der Waals surface area contributed by atoms with Crippen LogP contribution in [0.15, 0.2) is 29.4 Å². The number of nitrogens with zero attached hydrogens (tertiary/aromatic N) is 4. The number of hydrogen-bond donors (Lipinski definition) is 1. The molecule has 0 saturated heterocycles. The Morgan fingerprint density at radius 1 is 1.22 bits per heavy atom. The second kappa shape index (κ2) is 7.03. The second-order valence-corrected chi connectivity index (χ2v) is 7.71. The van der Waals surface area contributed by atoms with Gasteiger partial charge in [0.05, 0.1) is 16.0 Å². The maximum absolute atomic E-state index is 10.8. The summed E-state index contributed by atoms with van der Waals surface area (Å²) in [6.07, 6.45) is 4.59. The van der Waals surface area contributed by atoms with Gasteiger partial charge in [0.2, 0.25) is 0 Å². The highest BCUT2D eigenvalue weighted by Crippen LogP contribution is 2.38. The minimum Gasteiger partial charge on any atom is -0.260 e. The van der Waals surface area contributed by atoms with Crippen molar-refractivity contribution in [1.29, 1.82) is 0 Å². The van der Waals surface area contributed by atoms with Gasteiger partial charge in [0.25, 0.3) is 5.69 Å². The van der Waals surface area contributed by atoms with E-state index >= 15 is 0 Å². The molecule has 1 aliphatic rings. The first-order valence-corrected chi connectivity index (χ1v) is 9.68. The molecule has 2 aromatic heterocycles. The fraction of sp³-hybridized carbons (Fsp3) is 0.316. The lowest BCUT2D eigenvalue weighted by molar-refractivity contribution is -0.384. The van der Waals surface area contributed by atoms with E-state index in [1.54, 1.807) is 23.5 Å². The zero-order valence-corrected chi connectivity index (χ0v) is 16.0. The molecule has 4 rings (SSSR count). The van der Waals surface area contributed by atoms with Crippen molar-refractivity contribution in [2.24, 2.45) is 5.10 Å². The molecule has 0 aliphatic heterocycles. The predicted molar refractivity (Wildman–Crippen MR) is 108 cm³/mol. The molecule has 27 heavy (non-hydrogen) atoms. The summed E-state index contributed by atoms with van der Waals surface area (Å²) in [6, 6.07) is 6.37. The fourth-order valence-corrected chi connectivity index (χ4v) is 4.68. The Kier molecular flexibility index (Phi) is 4.57. The van der Waals surface area contributed by atoms with Crippen LogP contribution in [-0.2, 0) is 12.8 Å². The minimum atomic E-state index is -0.408. The molecule has 0 atom stereocenters. The van der Waals surface area contributed by atoms with Gasteiger partial charge in [-0.15, -0.1) is 11.3 Å². The van der Waals surface area contributed by atoms with Gasteiger partial charge in [-0.3, -0.25) is 15.5 Å². The molecule has 1 aliphatic carbocycles. The molecule has 0 unspecified atom stereocenters. The molecule has 0 bridgehead atoms. The summed E-state index contributed by atoms with van der Waals surface area (Å²) in [5.41, 5.74) is 6.09. The number of aromatic nitrogens is 2. The third-order valence-electron chi connectivity index (χ3n) is 4.75. The quantitative estimate of drug-likeness (QED) is 0.404. The number of hydrazone groups is 1. The highest BCUT2D eigenvalue weighted by atomic mass is 32.1. The average Bonchev–Trinajstić information content (AvgIpc) is 3.04. The maximum atomic E-state index is 10.8. The number of anilines is 1. The van der Waals surface area contributed by atoms with Crippen LogP contribution in [-0.4, -0.2) is 20.6 Å². The molecule has 7 nitrogen and oxygen atoms in total. The molecule has 1 N–H and O–H groups in total. The Morgan fingerprint density at radius 3 is 2.70 bits per heavy atom. The van der Waals surface area contributed by atoms with Crippen LogP contribution in [0.4, 0.5) is 11.5 Å². The van der Waals surface area contributed by atoms with Crippen molar-refractivity contribution in [3.05, 3.63) is 56.2 Å². The summed E-state index contributed by atoms with van der Waals surface area (Å²) in [4.78, 5) is 22.0. The van der Waals surface area contributed by atoms with Gasteiger partial charge in [0.15, 0.2) is 5.82 Å². The summed E-state index contributed by atoms with van der Waals surface area (Å²) < 4.78 is 0. The summed E-state index contributed by atoms with van der Waals surface area (Å²) in [6.45, 7) is 3.75. The lowest BCUT2D eigenvalue weighted by Crippen LogP contribution is -2.04. The van der Waals surface area contributed by atoms with Crippen LogP contribution in [0.25, 0.3) is 10.2 Å². The van der Waals surface area contributed by atoms with Crippen molar-refractivity contribution in [1.82, 2.24) is 9.97 Å². The van der Waals surface area contributed by atoms with Crippen LogP contribution in [0.1, 0.15) is 41.6 Å². The van der Waals surface area contributed by atoms with Gasteiger partial charge in [-0.25, -0.2) is 9.97 Å². The number of nitrogens with one attached hydrogen (secondary N) is 1. The first-order chi connectivity index (χ1) is 13.0. The Balaban J connectivity index is 1.67. The molecule has 1 aromatic carbocycles. The van der Waals surface area contributed by atoms with Gasteiger partial charge < -0.3 is 0 Å². The maximum Gasteiger partial charge on any atom is 0.269 e. The van der Waals surface area contributed by atoms with Crippen molar-refractivity contribution in [2.75, 3.05) is 5.43 Å². The Bertz CT molecular complexity index is 1060. The van der Waals surface area contributed by atoms with E-state index in [9.17, 15) is 10.1 Å². The van der Waals surface area contributed by atoms with Gasteiger partial charge in [-0.2, -0.15) is 5.10 Å². The van der Waals surface area contributed by atoms with Crippen molar-refractivity contribution in [3.8, 4) is 0 Å². The van der Waals surface area contributed by atoms with E-state index in [1.165, 1.54) is 35.4 Å². The van der Waals surface area contributed by atoms with E-state index in [1.807, 2.05) is 13.8 Å². The summed E-state index contributed by atoms with van der Waals surface area (Å²) in [7, 11) is 0. The van der Waals surface area contributed by atoms with Crippen LogP contribution in [0.3, 0.4) is 0 Å². The predicted octanol–water partition coefficient (Wildman–Crippen LogP) is 4.62. The molecule has 2 heterocycles. The topological polar surface area (TPSA) is 93.3 Å². The molecule has 138 valence electrons. The number of aryl methyl sites for hydroxylation is 3. The zero-order valence-electron chi connectivity index (χ0n) is 15.2. The zero-order chi connectivity index (χ0) is 19.0. The molecular formula is C19H19N5O2S. The van der Waals surface area contributed by atoms with Crippen LogP contribution in [0, 0.1) is 17.0 Å². The Hall–Kier alpha value is -2.87. The standard InChI is InChI=1S/C19H19N5O2S/c1-11(13-7-9-14(10-8-13)24(25)26)22-23-18-17-15-5-3-4-6-16(15)27-19(17)21-12(2)20-18/h7-10H,3-6H2,1-2H3,(H,20,21,23)/b22-11+. The lowest BCUT2D eigenvalue weighted by atomic mass is 9.97. The fourth-order valence-electron chi connectivity index (χ4n) is 3.37. The van der Waals surface area contributed by atoms with E-state index < -0.39 is 4.92 Å². The Morgan fingerprint density at radius 2 is 1.96 bits per heavy atom. The van der Waals surface area contributed by atoms with Crippen molar-refractivity contribution in [3.63, 3.8) is 0 Å². The van der Waals surface area contributed by atoms with E-state index in [-0.39, 0.29) is 5.69 Å². The number of benzene rings is 1. The third-order valence-corrected chi connectivity index (χ3v) is 5.94. The van der Waals surface area contributed by atoms with Crippen LogP contribution >= 0.6 is 11.3 Å². The number of non-ortho nitro benzene ring substituents is 1. The molecule has 0 radical (unpaired) electrons. The van der Waals surface area contributed by atoms with Gasteiger partial charge >= 0.3 is 0 Å². The van der Waals surface area contributed by atoms with Crippen LogP contribution < -0.4 is 5.43 Å². The van der Waals surface area contributed by atoms with Crippen molar-refractivity contribution < 1.29 is 4.92 Å². The minimum absolute atomic E-state index is 0.0672. The number of hydrogen-bond acceptors (Lipinski definition) is 7. The third kappa shape index (κ3) is 3.40. The first kappa shape index (κ1) is 17.5. The molecule has 0 saturated carbocycles. The highest BCUT2D eigenvalue weighted by Gasteiger charge is 2.20. The molecule has 0 spiro atoms. The lowest BCUT2D eigenvalue weighted by Gasteiger charge is -2.12.